The smallest absolute Gasteiger partial charge is 0.151 e. The van der Waals surface area contributed by atoms with E-state index in [4.69, 9.17) is 0 Å². The number of hydrogen-bond donors (Lipinski definition) is 1. The van der Waals surface area contributed by atoms with E-state index in [9.17, 15) is 8.42 Å². The Balaban J connectivity index is 1.97. The molecule has 0 aliphatic carbocycles. The fourth-order valence-corrected chi connectivity index (χ4v) is 4.28. The molecule has 2 aliphatic rings. The third-order valence-electron chi connectivity index (χ3n) is 3.51. The van der Waals surface area contributed by atoms with Gasteiger partial charge in [-0.15, -0.1) is 0 Å². The van der Waals surface area contributed by atoms with Gasteiger partial charge in [0.1, 0.15) is 5.82 Å². The van der Waals surface area contributed by atoms with Crippen molar-refractivity contribution >= 4 is 9.84 Å². The van der Waals surface area contributed by atoms with Crippen LogP contribution in [0.5, 0.6) is 0 Å². The summed E-state index contributed by atoms with van der Waals surface area (Å²) >= 11 is 0. The highest BCUT2D eigenvalue weighted by Crippen LogP contribution is 2.28. The van der Waals surface area contributed by atoms with Crippen molar-refractivity contribution < 1.29 is 8.42 Å². The van der Waals surface area contributed by atoms with Crippen LogP contribution in [0.2, 0.25) is 0 Å². The zero-order chi connectivity index (χ0) is 12.0. The Morgan fingerprint density at radius 1 is 1.29 bits per heavy atom. The van der Waals surface area contributed by atoms with Crippen LogP contribution in [0.3, 0.4) is 0 Å². The molecule has 3 rings (SSSR count). The first-order chi connectivity index (χ1) is 8.05. The predicted molar refractivity (Wildman–Crippen MR) is 63.3 cm³/mol. The number of aromatic nitrogens is 2. The monoisotopic (exact) mass is 253 g/mol. The molecule has 1 saturated heterocycles. The van der Waals surface area contributed by atoms with Crippen LogP contribution in [-0.4, -0.2) is 29.9 Å². The molecule has 2 aliphatic heterocycles. The van der Waals surface area contributed by atoms with E-state index < -0.39 is 9.84 Å². The number of rotatable bonds is 1. The molecule has 6 heteroatoms. The van der Waals surface area contributed by atoms with Gasteiger partial charge in [-0.05, 0) is 13.3 Å². The van der Waals surface area contributed by atoms with Crippen LogP contribution in [0, 0.1) is 6.92 Å². The van der Waals surface area contributed by atoms with E-state index in [1.54, 1.807) is 0 Å². The van der Waals surface area contributed by atoms with Crippen molar-refractivity contribution in [2.45, 2.75) is 32.4 Å². The lowest BCUT2D eigenvalue weighted by Gasteiger charge is -2.10. The molecule has 1 N–H and O–H groups in total. The number of nitrogens with one attached hydrogen (secondary N) is 1. The van der Waals surface area contributed by atoms with Crippen LogP contribution < -0.4 is 5.32 Å². The lowest BCUT2D eigenvalue weighted by atomic mass is 10.1. The summed E-state index contributed by atoms with van der Waals surface area (Å²) in [6.45, 7) is 3.57. The SMILES string of the molecule is Cc1nc(C2CCS(=O)(=O)C2)nc2c1CNC2. The van der Waals surface area contributed by atoms with Crippen LogP contribution >= 0.6 is 0 Å². The van der Waals surface area contributed by atoms with E-state index in [-0.39, 0.29) is 17.4 Å². The maximum Gasteiger partial charge on any atom is 0.151 e. The number of hydrogen-bond acceptors (Lipinski definition) is 5. The molecular formula is C11H15N3O2S. The highest BCUT2D eigenvalue weighted by Gasteiger charge is 2.32. The van der Waals surface area contributed by atoms with Crippen molar-refractivity contribution in [3.05, 3.63) is 22.8 Å². The average Bonchev–Trinajstić information content (AvgIpc) is 2.84. The third kappa shape index (κ3) is 1.95. The van der Waals surface area contributed by atoms with Gasteiger partial charge in [0.15, 0.2) is 9.84 Å². The fraction of sp³-hybridized carbons (Fsp3) is 0.636. The maximum absolute atomic E-state index is 11.5. The Morgan fingerprint density at radius 2 is 2.12 bits per heavy atom. The summed E-state index contributed by atoms with van der Waals surface area (Å²) in [6, 6.07) is 0. The van der Waals surface area contributed by atoms with Crippen LogP contribution in [0.25, 0.3) is 0 Å². The van der Waals surface area contributed by atoms with Crippen LogP contribution in [-0.2, 0) is 22.9 Å². The second-order valence-electron chi connectivity index (χ2n) is 4.80. The van der Waals surface area contributed by atoms with Gasteiger partial charge in [-0.3, -0.25) is 0 Å². The molecule has 1 aromatic heterocycles. The summed E-state index contributed by atoms with van der Waals surface area (Å²) in [5.41, 5.74) is 3.20. The molecule has 92 valence electrons. The molecule has 0 radical (unpaired) electrons. The Hall–Kier alpha value is -1.01. The number of sulfone groups is 1. The van der Waals surface area contributed by atoms with Crippen LogP contribution in [0.15, 0.2) is 0 Å². The fourth-order valence-electron chi connectivity index (χ4n) is 2.54. The lowest BCUT2D eigenvalue weighted by Crippen LogP contribution is -2.10. The van der Waals surface area contributed by atoms with Gasteiger partial charge in [0, 0.05) is 30.3 Å². The maximum atomic E-state index is 11.5. The first-order valence-electron chi connectivity index (χ1n) is 5.82. The zero-order valence-electron chi connectivity index (χ0n) is 9.73. The normalized spacial score (nSPS) is 26.1. The molecule has 0 aromatic carbocycles. The summed E-state index contributed by atoms with van der Waals surface area (Å²) in [7, 11) is -2.87. The standard InChI is InChI=1S/C11H15N3O2S/c1-7-9-4-12-5-10(9)14-11(13-7)8-2-3-17(15,16)6-8/h8,12H,2-6H2,1H3. The molecule has 0 spiro atoms. The topological polar surface area (TPSA) is 72.0 Å². The van der Waals surface area contributed by atoms with Gasteiger partial charge in [0.05, 0.1) is 17.2 Å². The van der Waals surface area contributed by atoms with Gasteiger partial charge in [0.2, 0.25) is 0 Å². The Bertz CT molecular complexity index is 568. The minimum atomic E-state index is -2.87. The van der Waals surface area contributed by atoms with E-state index >= 15 is 0 Å². The van der Waals surface area contributed by atoms with Gasteiger partial charge in [-0.1, -0.05) is 0 Å². The van der Waals surface area contributed by atoms with E-state index in [1.165, 1.54) is 5.56 Å². The highest BCUT2D eigenvalue weighted by atomic mass is 32.2. The van der Waals surface area contributed by atoms with Crippen molar-refractivity contribution in [2.75, 3.05) is 11.5 Å². The molecule has 1 unspecified atom stereocenters. The van der Waals surface area contributed by atoms with Crippen molar-refractivity contribution in [1.29, 1.82) is 0 Å². The molecule has 0 bridgehead atoms. The predicted octanol–water partition coefficient (Wildman–Crippen LogP) is 0.290. The first-order valence-corrected chi connectivity index (χ1v) is 7.65. The first kappa shape index (κ1) is 11.1. The zero-order valence-corrected chi connectivity index (χ0v) is 10.5. The van der Waals surface area contributed by atoms with E-state index in [1.807, 2.05) is 6.92 Å². The largest absolute Gasteiger partial charge is 0.307 e. The Kier molecular flexibility index (Phi) is 2.45. The van der Waals surface area contributed by atoms with Crippen molar-refractivity contribution in [1.82, 2.24) is 15.3 Å². The van der Waals surface area contributed by atoms with Gasteiger partial charge in [-0.2, -0.15) is 0 Å². The molecule has 17 heavy (non-hydrogen) atoms. The molecule has 0 amide bonds. The molecule has 1 atom stereocenters. The summed E-state index contributed by atoms with van der Waals surface area (Å²) in [5.74, 6) is 1.18. The van der Waals surface area contributed by atoms with E-state index in [0.717, 1.165) is 24.5 Å². The molecule has 1 fully saturated rings. The van der Waals surface area contributed by atoms with Crippen molar-refractivity contribution in [3.8, 4) is 0 Å². The van der Waals surface area contributed by atoms with Crippen molar-refractivity contribution in [3.63, 3.8) is 0 Å². The summed E-state index contributed by atoms with van der Waals surface area (Å²) in [6.07, 6.45) is 0.661. The van der Waals surface area contributed by atoms with Gasteiger partial charge >= 0.3 is 0 Å². The molecule has 5 nitrogen and oxygen atoms in total. The number of fused-ring (bicyclic) bond motifs is 1. The molecular weight excluding hydrogens is 238 g/mol. The van der Waals surface area contributed by atoms with Gasteiger partial charge < -0.3 is 5.32 Å². The van der Waals surface area contributed by atoms with Crippen LogP contribution in [0.4, 0.5) is 0 Å². The van der Waals surface area contributed by atoms with Crippen molar-refractivity contribution in [2.24, 2.45) is 0 Å². The third-order valence-corrected chi connectivity index (χ3v) is 5.28. The minimum Gasteiger partial charge on any atom is -0.307 e. The average molecular weight is 253 g/mol. The second kappa shape index (κ2) is 3.74. The minimum absolute atomic E-state index is 0.00963. The molecule has 0 saturated carbocycles. The molecule has 3 heterocycles. The van der Waals surface area contributed by atoms with Gasteiger partial charge in [-0.25, -0.2) is 18.4 Å². The number of aryl methyl sites for hydroxylation is 1. The summed E-state index contributed by atoms with van der Waals surface area (Å²) in [4.78, 5) is 9.00. The summed E-state index contributed by atoms with van der Waals surface area (Å²) in [5, 5.41) is 3.24. The number of nitrogens with zero attached hydrogens (tertiary/aromatic N) is 2. The molecule has 1 aromatic rings. The Morgan fingerprint density at radius 3 is 2.82 bits per heavy atom. The van der Waals surface area contributed by atoms with Crippen LogP contribution in [0.1, 0.15) is 35.1 Å². The summed E-state index contributed by atoms with van der Waals surface area (Å²) < 4.78 is 22.9. The second-order valence-corrected chi connectivity index (χ2v) is 7.02. The quantitative estimate of drug-likeness (QED) is 0.779. The van der Waals surface area contributed by atoms with E-state index in [0.29, 0.717) is 12.2 Å². The van der Waals surface area contributed by atoms with Gasteiger partial charge in [0.25, 0.3) is 0 Å². The highest BCUT2D eigenvalue weighted by molar-refractivity contribution is 7.91. The lowest BCUT2D eigenvalue weighted by molar-refractivity contribution is 0.601. The Labute approximate surface area is 101 Å². The van der Waals surface area contributed by atoms with E-state index in [2.05, 4.69) is 15.3 Å².